The van der Waals surface area contributed by atoms with Gasteiger partial charge in [-0.2, -0.15) is 0 Å². The van der Waals surface area contributed by atoms with Gasteiger partial charge in [-0.1, -0.05) is 19.9 Å². The largest absolute Gasteiger partial charge is 0.478 e. The van der Waals surface area contributed by atoms with Crippen LogP contribution in [0.25, 0.3) is 0 Å². The van der Waals surface area contributed by atoms with E-state index in [9.17, 15) is 4.79 Å². The first-order chi connectivity index (χ1) is 8.73. The van der Waals surface area contributed by atoms with Crippen LogP contribution in [0.4, 0.5) is 11.4 Å². The van der Waals surface area contributed by atoms with Crippen molar-refractivity contribution in [2.24, 2.45) is 5.41 Å². The van der Waals surface area contributed by atoms with E-state index in [1.165, 1.54) is 6.07 Å². The maximum absolute atomic E-state index is 11.0. The molecule has 4 N–H and O–H groups in total. The number of aromatic carboxylic acids is 1. The van der Waals surface area contributed by atoms with Crippen molar-refractivity contribution < 1.29 is 9.90 Å². The molecule has 0 aliphatic rings. The van der Waals surface area contributed by atoms with Crippen LogP contribution in [0, 0.1) is 5.41 Å². The summed E-state index contributed by atoms with van der Waals surface area (Å²) in [4.78, 5) is 13.1. The van der Waals surface area contributed by atoms with Crippen molar-refractivity contribution >= 4 is 17.3 Å². The molecule has 0 saturated heterocycles. The van der Waals surface area contributed by atoms with Crippen LogP contribution >= 0.6 is 0 Å². The summed E-state index contributed by atoms with van der Waals surface area (Å²) < 4.78 is 0. The Kier molecular flexibility index (Phi) is 4.78. The summed E-state index contributed by atoms with van der Waals surface area (Å²) in [5.74, 6) is -1.01. The van der Waals surface area contributed by atoms with Crippen molar-refractivity contribution in [2.75, 3.05) is 38.2 Å². The number of hydrogen-bond donors (Lipinski definition) is 3. The number of hydrogen-bond acceptors (Lipinski definition) is 4. The average molecular weight is 265 g/mol. The zero-order valence-corrected chi connectivity index (χ0v) is 12.0. The fourth-order valence-electron chi connectivity index (χ4n) is 2.15. The molecule has 1 aromatic rings. The third-order valence-electron chi connectivity index (χ3n) is 2.84. The van der Waals surface area contributed by atoms with Gasteiger partial charge in [0.05, 0.1) is 16.9 Å². The lowest BCUT2D eigenvalue weighted by molar-refractivity contribution is 0.0698. The van der Waals surface area contributed by atoms with E-state index in [4.69, 9.17) is 10.8 Å². The summed E-state index contributed by atoms with van der Waals surface area (Å²) in [5, 5.41) is 12.3. The minimum atomic E-state index is -1.01. The van der Waals surface area contributed by atoms with E-state index < -0.39 is 5.97 Å². The summed E-state index contributed by atoms with van der Waals surface area (Å²) in [6.07, 6.45) is 0. The Morgan fingerprint density at radius 3 is 2.58 bits per heavy atom. The Morgan fingerprint density at radius 2 is 2.05 bits per heavy atom. The number of nitrogen functional groups attached to an aromatic ring is 1. The highest BCUT2D eigenvalue weighted by molar-refractivity contribution is 5.97. The number of anilines is 2. The smallest absolute Gasteiger partial charge is 0.337 e. The van der Waals surface area contributed by atoms with E-state index in [0.29, 0.717) is 5.69 Å². The van der Waals surface area contributed by atoms with Gasteiger partial charge in [0.15, 0.2) is 0 Å². The minimum absolute atomic E-state index is 0.0647. The van der Waals surface area contributed by atoms with Gasteiger partial charge in [-0.05, 0) is 31.6 Å². The summed E-state index contributed by atoms with van der Waals surface area (Å²) in [6, 6.07) is 5.00. The fraction of sp³-hybridized carbons (Fsp3) is 0.500. The molecule has 0 atom stereocenters. The highest BCUT2D eigenvalue weighted by atomic mass is 16.4. The van der Waals surface area contributed by atoms with Gasteiger partial charge in [-0.3, -0.25) is 0 Å². The van der Waals surface area contributed by atoms with Crippen molar-refractivity contribution in [1.82, 2.24) is 4.90 Å². The molecule has 0 bridgehead atoms. The molecule has 1 aromatic carbocycles. The van der Waals surface area contributed by atoms with Crippen LogP contribution in [0.3, 0.4) is 0 Å². The lowest BCUT2D eigenvalue weighted by Gasteiger charge is -2.29. The van der Waals surface area contributed by atoms with Gasteiger partial charge in [0.1, 0.15) is 0 Å². The van der Waals surface area contributed by atoms with Crippen molar-refractivity contribution in [1.29, 1.82) is 0 Å². The second kappa shape index (κ2) is 5.93. The molecule has 0 radical (unpaired) electrons. The topological polar surface area (TPSA) is 78.6 Å². The van der Waals surface area contributed by atoms with Crippen LogP contribution in [0.2, 0.25) is 0 Å². The zero-order chi connectivity index (χ0) is 14.6. The van der Waals surface area contributed by atoms with Gasteiger partial charge in [0.2, 0.25) is 0 Å². The standard InChI is InChI=1S/C14H23N3O2/c1-14(2,9-17(3)4)8-16-11-7-5-6-10(12(11)15)13(18)19/h5-7,16H,8-9,15H2,1-4H3,(H,18,19). The fourth-order valence-corrected chi connectivity index (χ4v) is 2.15. The molecule has 19 heavy (non-hydrogen) atoms. The Balaban J connectivity index is 2.78. The predicted molar refractivity (Wildman–Crippen MR) is 78.6 cm³/mol. The summed E-state index contributed by atoms with van der Waals surface area (Å²) >= 11 is 0. The molecular weight excluding hydrogens is 242 g/mol. The molecule has 0 fully saturated rings. The number of carboxylic acid groups (broad SMARTS) is 1. The average Bonchev–Trinajstić information content (AvgIpc) is 2.25. The molecule has 5 nitrogen and oxygen atoms in total. The summed E-state index contributed by atoms with van der Waals surface area (Å²) in [6.45, 7) is 5.95. The summed E-state index contributed by atoms with van der Waals surface area (Å²) in [7, 11) is 4.06. The highest BCUT2D eigenvalue weighted by Crippen LogP contribution is 2.25. The molecule has 106 valence electrons. The Hall–Kier alpha value is -1.75. The number of benzene rings is 1. The predicted octanol–water partition coefficient (Wildman–Crippen LogP) is 1.97. The number of nitrogens with zero attached hydrogens (tertiary/aromatic N) is 1. The molecule has 1 rings (SSSR count). The van der Waals surface area contributed by atoms with E-state index in [-0.39, 0.29) is 16.7 Å². The second-order valence-electron chi connectivity index (χ2n) is 5.83. The monoisotopic (exact) mass is 265 g/mol. The molecule has 5 heteroatoms. The normalized spacial score (nSPS) is 11.6. The molecule has 0 spiro atoms. The number of carboxylic acids is 1. The second-order valence-corrected chi connectivity index (χ2v) is 5.83. The number of carbonyl (C=O) groups is 1. The lowest BCUT2D eigenvalue weighted by Crippen LogP contribution is -2.34. The third kappa shape index (κ3) is 4.44. The number of nitrogens with one attached hydrogen (secondary N) is 1. The molecule has 0 aliphatic carbocycles. The van der Waals surface area contributed by atoms with Gasteiger partial charge in [-0.15, -0.1) is 0 Å². The number of para-hydroxylation sites is 1. The van der Waals surface area contributed by atoms with Crippen LogP contribution in [0.15, 0.2) is 18.2 Å². The quantitative estimate of drug-likeness (QED) is 0.685. The molecule has 0 saturated carbocycles. The molecule has 0 heterocycles. The van der Waals surface area contributed by atoms with Crippen molar-refractivity contribution in [2.45, 2.75) is 13.8 Å². The van der Waals surface area contributed by atoms with Crippen LogP contribution in [-0.2, 0) is 0 Å². The third-order valence-corrected chi connectivity index (χ3v) is 2.84. The van der Waals surface area contributed by atoms with E-state index >= 15 is 0 Å². The lowest BCUT2D eigenvalue weighted by atomic mass is 9.92. The Morgan fingerprint density at radius 1 is 1.42 bits per heavy atom. The zero-order valence-electron chi connectivity index (χ0n) is 12.0. The van der Waals surface area contributed by atoms with Crippen LogP contribution in [0.5, 0.6) is 0 Å². The maximum Gasteiger partial charge on any atom is 0.337 e. The van der Waals surface area contributed by atoms with Gasteiger partial charge < -0.3 is 21.1 Å². The molecular formula is C14H23N3O2. The Labute approximate surface area is 114 Å². The van der Waals surface area contributed by atoms with Gasteiger partial charge in [0.25, 0.3) is 0 Å². The first-order valence-electron chi connectivity index (χ1n) is 6.23. The maximum atomic E-state index is 11.0. The first kappa shape index (κ1) is 15.3. The minimum Gasteiger partial charge on any atom is -0.478 e. The summed E-state index contributed by atoms with van der Waals surface area (Å²) in [5.41, 5.74) is 7.02. The van der Waals surface area contributed by atoms with E-state index in [1.807, 2.05) is 14.1 Å². The Bertz CT molecular complexity index is 456. The van der Waals surface area contributed by atoms with Gasteiger partial charge >= 0.3 is 5.97 Å². The van der Waals surface area contributed by atoms with Crippen molar-refractivity contribution in [3.05, 3.63) is 23.8 Å². The van der Waals surface area contributed by atoms with Gasteiger partial charge in [-0.25, -0.2) is 4.79 Å². The van der Waals surface area contributed by atoms with E-state index in [2.05, 4.69) is 24.1 Å². The van der Waals surface area contributed by atoms with E-state index in [1.54, 1.807) is 12.1 Å². The molecule has 0 unspecified atom stereocenters. The van der Waals surface area contributed by atoms with Crippen LogP contribution < -0.4 is 11.1 Å². The van der Waals surface area contributed by atoms with E-state index in [0.717, 1.165) is 13.1 Å². The number of rotatable bonds is 6. The molecule has 0 amide bonds. The first-order valence-corrected chi connectivity index (χ1v) is 6.23. The number of nitrogens with two attached hydrogens (primary N) is 1. The molecule has 0 aliphatic heterocycles. The van der Waals surface area contributed by atoms with Crippen LogP contribution in [-0.4, -0.2) is 43.2 Å². The van der Waals surface area contributed by atoms with Crippen molar-refractivity contribution in [3.63, 3.8) is 0 Å². The SMILES string of the molecule is CN(C)CC(C)(C)CNc1cccc(C(=O)O)c1N. The highest BCUT2D eigenvalue weighted by Gasteiger charge is 2.19. The molecule has 0 aromatic heterocycles. The van der Waals surface area contributed by atoms with Crippen LogP contribution in [0.1, 0.15) is 24.2 Å². The van der Waals surface area contributed by atoms with Gasteiger partial charge in [0, 0.05) is 13.1 Å². The van der Waals surface area contributed by atoms with Crippen molar-refractivity contribution in [3.8, 4) is 0 Å².